The summed E-state index contributed by atoms with van der Waals surface area (Å²) in [5, 5.41) is 3.25. The Balaban J connectivity index is 1.63. The number of carbonyl (C=O) groups excluding carboxylic acids is 1. The Bertz CT molecular complexity index is 716. The van der Waals surface area contributed by atoms with Crippen molar-refractivity contribution in [1.82, 2.24) is 5.32 Å². The van der Waals surface area contributed by atoms with Gasteiger partial charge < -0.3 is 19.2 Å². The van der Waals surface area contributed by atoms with E-state index in [4.69, 9.17) is 13.9 Å². The minimum Gasteiger partial charge on any atom is -0.459 e. The predicted octanol–water partition coefficient (Wildman–Crippen LogP) is 2.79. The fourth-order valence-electron chi connectivity index (χ4n) is 3.60. The van der Waals surface area contributed by atoms with E-state index in [0.717, 1.165) is 36.0 Å². The monoisotopic (exact) mass is 327 g/mol. The summed E-state index contributed by atoms with van der Waals surface area (Å²) in [6.07, 6.45) is 3.88. The molecule has 0 bridgehead atoms. The highest BCUT2D eigenvalue weighted by atomic mass is 16.5. The fraction of sp³-hybridized carbons (Fsp3) is 0.421. The van der Waals surface area contributed by atoms with E-state index in [1.807, 2.05) is 18.2 Å². The Hall–Kier alpha value is -2.11. The SMILES string of the molecule is O=C(NC1(c2ccccc2)CCOCC1)c1occ2c1CCOC2. The second-order valence-electron chi connectivity index (χ2n) is 6.39. The molecule has 4 rings (SSSR count). The average Bonchev–Trinajstić information content (AvgIpc) is 3.07. The maximum Gasteiger partial charge on any atom is 0.287 e. The summed E-state index contributed by atoms with van der Waals surface area (Å²) in [4.78, 5) is 12.9. The zero-order chi connectivity index (χ0) is 16.4. The van der Waals surface area contributed by atoms with Crippen LogP contribution in [-0.4, -0.2) is 25.7 Å². The van der Waals surface area contributed by atoms with Crippen molar-refractivity contribution in [3.8, 4) is 0 Å². The minimum atomic E-state index is -0.401. The molecule has 5 heteroatoms. The molecule has 126 valence electrons. The predicted molar refractivity (Wildman–Crippen MR) is 87.7 cm³/mol. The van der Waals surface area contributed by atoms with Crippen LogP contribution < -0.4 is 5.32 Å². The summed E-state index contributed by atoms with van der Waals surface area (Å²) in [7, 11) is 0. The molecule has 1 fully saturated rings. The summed E-state index contributed by atoms with van der Waals surface area (Å²) in [5.74, 6) is 0.277. The van der Waals surface area contributed by atoms with Gasteiger partial charge in [0.1, 0.15) is 0 Å². The summed E-state index contributed by atoms with van der Waals surface area (Å²) in [6.45, 7) is 2.42. The van der Waals surface area contributed by atoms with Gasteiger partial charge in [-0.2, -0.15) is 0 Å². The van der Waals surface area contributed by atoms with Gasteiger partial charge in [-0.3, -0.25) is 4.79 Å². The van der Waals surface area contributed by atoms with Crippen LogP contribution in [0.3, 0.4) is 0 Å². The lowest BCUT2D eigenvalue weighted by Crippen LogP contribution is -2.49. The quantitative estimate of drug-likeness (QED) is 0.942. The number of benzene rings is 1. The van der Waals surface area contributed by atoms with Crippen molar-refractivity contribution in [2.24, 2.45) is 0 Å². The first kappa shape index (κ1) is 15.4. The smallest absolute Gasteiger partial charge is 0.287 e. The minimum absolute atomic E-state index is 0.149. The topological polar surface area (TPSA) is 60.7 Å². The highest BCUT2D eigenvalue weighted by molar-refractivity contribution is 5.94. The molecule has 3 heterocycles. The van der Waals surface area contributed by atoms with Gasteiger partial charge in [-0.25, -0.2) is 0 Å². The van der Waals surface area contributed by atoms with Crippen LogP contribution in [0.2, 0.25) is 0 Å². The van der Waals surface area contributed by atoms with Crippen LogP contribution in [0, 0.1) is 0 Å². The van der Waals surface area contributed by atoms with E-state index >= 15 is 0 Å². The summed E-state index contributed by atoms with van der Waals surface area (Å²) in [6, 6.07) is 10.1. The van der Waals surface area contributed by atoms with Gasteiger partial charge in [-0.15, -0.1) is 0 Å². The van der Waals surface area contributed by atoms with E-state index in [9.17, 15) is 4.79 Å². The van der Waals surface area contributed by atoms with Crippen LogP contribution in [0.5, 0.6) is 0 Å². The van der Waals surface area contributed by atoms with Crippen molar-refractivity contribution in [3.63, 3.8) is 0 Å². The number of fused-ring (bicyclic) bond motifs is 1. The van der Waals surface area contributed by atoms with Crippen LogP contribution in [0.1, 0.15) is 40.1 Å². The van der Waals surface area contributed by atoms with Gasteiger partial charge in [0.05, 0.1) is 25.0 Å². The molecule has 0 spiro atoms. The maximum absolute atomic E-state index is 12.9. The normalized spacial score (nSPS) is 19.5. The molecule has 0 unspecified atom stereocenters. The van der Waals surface area contributed by atoms with Crippen molar-refractivity contribution < 1.29 is 18.7 Å². The third-order valence-corrected chi connectivity index (χ3v) is 4.97. The molecule has 2 aliphatic heterocycles. The molecule has 0 radical (unpaired) electrons. The van der Waals surface area contributed by atoms with Crippen LogP contribution >= 0.6 is 0 Å². The van der Waals surface area contributed by atoms with Gasteiger partial charge >= 0.3 is 0 Å². The first-order valence-electron chi connectivity index (χ1n) is 8.41. The largest absolute Gasteiger partial charge is 0.459 e. The lowest BCUT2D eigenvalue weighted by molar-refractivity contribution is 0.0337. The van der Waals surface area contributed by atoms with Gasteiger partial charge in [0, 0.05) is 30.8 Å². The molecule has 24 heavy (non-hydrogen) atoms. The number of hydrogen-bond donors (Lipinski definition) is 1. The second-order valence-corrected chi connectivity index (χ2v) is 6.39. The zero-order valence-corrected chi connectivity index (χ0v) is 13.5. The third kappa shape index (κ3) is 2.74. The van der Waals surface area contributed by atoms with Crippen molar-refractivity contribution in [1.29, 1.82) is 0 Å². The third-order valence-electron chi connectivity index (χ3n) is 4.97. The summed E-state index contributed by atoms with van der Waals surface area (Å²) in [5.41, 5.74) is 2.67. The van der Waals surface area contributed by atoms with E-state index in [-0.39, 0.29) is 5.91 Å². The van der Waals surface area contributed by atoms with Gasteiger partial charge in [-0.1, -0.05) is 30.3 Å². The number of hydrogen-bond acceptors (Lipinski definition) is 4. The van der Waals surface area contributed by atoms with E-state index in [2.05, 4.69) is 17.4 Å². The average molecular weight is 327 g/mol. The van der Waals surface area contributed by atoms with Gasteiger partial charge in [0.2, 0.25) is 0 Å². The fourth-order valence-corrected chi connectivity index (χ4v) is 3.60. The second kappa shape index (κ2) is 6.42. The van der Waals surface area contributed by atoms with Crippen molar-refractivity contribution >= 4 is 5.91 Å². The van der Waals surface area contributed by atoms with Gasteiger partial charge in [0.15, 0.2) is 5.76 Å². The number of amides is 1. The number of ether oxygens (including phenoxy) is 2. The first-order chi connectivity index (χ1) is 11.8. The van der Waals surface area contributed by atoms with Crippen LogP contribution in [-0.2, 0) is 28.0 Å². The number of furan rings is 1. The molecule has 1 N–H and O–H groups in total. The Morgan fingerprint density at radius 3 is 2.62 bits per heavy atom. The van der Waals surface area contributed by atoms with E-state index < -0.39 is 5.54 Å². The number of rotatable bonds is 3. The molecule has 2 aliphatic rings. The summed E-state index contributed by atoms with van der Waals surface area (Å²) < 4.78 is 16.5. The molecular weight excluding hydrogens is 306 g/mol. The molecule has 0 aliphatic carbocycles. The molecule has 0 atom stereocenters. The molecule has 2 aromatic rings. The molecule has 1 saturated heterocycles. The summed E-state index contributed by atoms with van der Waals surface area (Å²) >= 11 is 0. The van der Waals surface area contributed by atoms with E-state index in [1.165, 1.54) is 0 Å². The van der Waals surface area contributed by atoms with Crippen molar-refractivity contribution in [3.05, 3.63) is 59.0 Å². The van der Waals surface area contributed by atoms with Crippen LogP contribution in [0.25, 0.3) is 0 Å². The van der Waals surface area contributed by atoms with E-state index in [0.29, 0.717) is 32.2 Å². The molecule has 5 nitrogen and oxygen atoms in total. The highest BCUT2D eigenvalue weighted by Crippen LogP contribution is 2.33. The maximum atomic E-state index is 12.9. The molecule has 1 aromatic carbocycles. The Labute approximate surface area is 140 Å². The van der Waals surface area contributed by atoms with Crippen molar-refractivity contribution in [2.75, 3.05) is 19.8 Å². The lowest BCUT2D eigenvalue weighted by Gasteiger charge is -2.38. The molecule has 0 saturated carbocycles. The first-order valence-corrected chi connectivity index (χ1v) is 8.41. The Morgan fingerprint density at radius 2 is 1.83 bits per heavy atom. The van der Waals surface area contributed by atoms with Gasteiger partial charge in [-0.05, 0) is 18.4 Å². The molecule has 1 amide bonds. The zero-order valence-electron chi connectivity index (χ0n) is 13.5. The Kier molecular flexibility index (Phi) is 4.12. The number of nitrogens with one attached hydrogen (secondary N) is 1. The standard InChI is InChI=1S/C19H21NO4/c21-18(17-16-6-9-23-12-14(16)13-24-17)20-19(7-10-22-11-8-19)15-4-2-1-3-5-15/h1-5,13H,6-12H2,(H,20,21). The number of carbonyl (C=O) groups is 1. The van der Waals surface area contributed by atoms with Crippen LogP contribution in [0.15, 0.2) is 41.0 Å². The molecule has 1 aromatic heterocycles. The van der Waals surface area contributed by atoms with Gasteiger partial charge in [0.25, 0.3) is 5.91 Å². The highest BCUT2D eigenvalue weighted by Gasteiger charge is 2.37. The molecular formula is C19H21NO4. The van der Waals surface area contributed by atoms with E-state index in [1.54, 1.807) is 6.26 Å². The van der Waals surface area contributed by atoms with Crippen LogP contribution in [0.4, 0.5) is 0 Å². The Morgan fingerprint density at radius 1 is 1.04 bits per heavy atom. The van der Waals surface area contributed by atoms with Crippen molar-refractivity contribution in [2.45, 2.75) is 31.4 Å². The lowest BCUT2D eigenvalue weighted by atomic mass is 9.82.